The third-order valence-electron chi connectivity index (χ3n) is 3.48. The molecule has 2 aromatic rings. The minimum absolute atomic E-state index is 0.0683. The molecule has 0 amide bonds. The monoisotopic (exact) mass is 369 g/mol. The highest BCUT2D eigenvalue weighted by Gasteiger charge is 2.49. The Morgan fingerprint density at radius 1 is 1.12 bits per heavy atom. The molecule has 0 saturated carbocycles. The van der Waals surface area contributed by atoms with Crippen molar-refractivity contribution in [2.75, 3.05) is 0 Å². The molecule has 130 valence electrons. The molecule has 0 spiro atoms. The topological polar surface area (TPSA) is 88.4 Å². The Bertz CT molecular complexity index is 953. The number of halogens is 3. The van der Waals surface area contributed by atoms with Gasteiger partial charge in [0, 0.05) is 12.4 Å². The molecule has 1 aliphatic heterocycles. The number of hydrogen-bond acceptors (Lipinski definition) is 4. The van der Waals surface area contributed by atoms with Crippen molar-refractivity contribution in [1.29, 1.82) is 0 Å². The van der Waals surface area contributed by atoms with Crippen LogP contribution in [-0.2, 0) is 10.0 Å². The van der Waals surface area contributed by atoms with Crippen LogP contribution in [0.5, 0.6) is 0 Å². The standard InChI is InChI=1S/C15H12F3N4O2S/c16-15(17,18)13-9-22(14(21-13)10-2-1-7-20-8-10)11-3-5-12(6-4-11)25(19,23)24/h1-9,13H,(H2,19,23,24)/q+1. The first-order valence-corrected chi connectivity index (χ1v) is 8.53. The van der Waals surface area contributed by atoms with E-state index in [0.717, 1.165) is 6.21 Å². The number of pyridine rings is 1. The van der Waals surface area contributed by atoms with Crippen LogP contribution in [0.2, 0.25) is 0 Å². The number of rotatable bonds is 3. The summed E-state index contributed by atoms with van der Waals surface area (Å²) in [6, 6.07) is 6.34. The summed E-state index contributed by atoms with van der Waals surface area (Å²) in [6.07, 6.45) is -0.719. The average Bonchev–Trinajstić information content (AvgIpc) is 3.00. The van der Waals surface area contributed by atoms with E-state index in [0.29, 0.717) is 11.3 Å². The first kappa shape index (κ1) is 17.2. The second kappa shape index (κ2) is 6.05. The van der Waals surface area contributed by atoms with Gasteiger partial charge in [0.15, 0.2) is 0 Å². The van der Waals surface area contributed by atoms with Crippen LogP contribution < -0.4 is 5.14 Å². The number of primary sulfonamides is 1. The summed E-state index contributed by atoms with van der Waals surface area (Å²) in [5.74, 6) is 0.0683. The van der Waals surface area contributed by atoms with Gasteiger partial charge in [-0.05, 0) is 36.4 Å². The lowest BCUT2D eigenvalue weighted by molar-refractivity contribution is -0.297. The fraction of sp³-hybridized carbons (Fsp3) is 0.133. The van der Waals surface area contributed by atoms with Gasteiger partial charge >= 0.3 is 12.0 Å². The molecular formula is C15H12F3N4O2S+. The predicted molar refractivity (Wildman–Crippen MR) is 84.4 cm³/mol. The third kappa shape index (κ3) is 3.59. The SMILES string of the molecule is NS(=O)(=O)c1ccc([N+]2=CC(C(F)(F)F)N=C2c2cccnc2)cc1. The lowest BCUT2D eigenvalue weighted by Gasteiger charge is -2.04. The first-order valence-electron chi connectivity index (χ1n) is 6.98. The normalized spacial score (nSPS) is 18.0. The number of amidine groups is 1. The van der Waals surface area contributed by atoms with Crippen molar-refractivity contribution in [2.24, 2.45) is 10.1 Å². The van der Waals surface area contributed by atoms with Crippen molar-refractivity contribution < 1.29 is 26.2 Å². The maximum atomic E-state index is 13.1. The molecule has 2 heterocycles. The van der Waals surface area contributed by atoms with E-state index in [4.69, 9.17) is 5.14 Å². The van der Waals surface area contributed by atoms with Crippen LogP contribution in [0, 0.1) is 0 Å². The molecule has 0 bridgehead atoms. The van der Waals surface area contributed by atoms with Crippen LogP contribution >= 0.6 is 0 Å². The summed E-state index contributed by atoms with van der Waals surface area (Å²) in [5.41, 5.74) is 0.725. The molecule has 1 aromatic carbocycles. The van der Waals surface area contributed by atoms with Crippen molar-refractivity contribution in [2.45, 2.75) is 17.1 Å². The highest BCUT2D eigenvalue weighted by molar-refractivity contribution is 7.89. The third-order valence-corrected chi connectivity index (χ3v) is 4.41. The van der Waals surface area contributed by atoms with E-state index >= 15 is 0 Å². The number of aromatic nitrogens is 1. The maximum Gasteiger partial charge on any atom is 0.440 e. The van der Waals surface area contributed by atoms with Gasteiger partial charge in [-0.1, -0.05) is 4.99 Å². The molecule has 1 aliphatic rings. The van der Waals surface area contributed by atoms with Crippen LogP contribution in [0.1, 0.15) is 5.56 Å². The lowest BCUT2D eigenvalue weighted by Crippen LogP contribution is -2.27. The van der Waals surface area contributed by atoms with E-state index in [1.54, 1.807) is 12.1 Å². The molecule has 0 saturated heterocycles. The van der Waals surface area contributed by atoms with Gasteiger partial charge in [-0.2, -0.15) is 17.7 Å². The molecule has 25 heavy (non-hydrogen) atoms. The first-order chi connectivity index (χ1) is 11.7. The summed E-state index contributed by atoms with van der Waals surface area (Å²) in [4.78, 5) is 7.49. The van der Waals surface area contributed by atoms with Crippen LogP contribution in [-0.4, -0.2) is 42.2 Å². The van der Waals surface area contributed by atoms with E-state index < -0.39 is 22.2 Å². The van der Waals surface area contributed by atoms with Crippen LogP contribution in [0.25, 0.3) is 0 Å². The Hall–Kier alpha value is -2.59. The second-order valence-electron chi connectivity index (χ2n) is 5.24. The van der Waals surface area contributed by atoms with Crippen molar-refractivity contribution in [3.05, 3.63) is 54.4 Å². The molecule has 0 radical (unpaired) electrons. The van der Waals surface area contributed by atoms with Gasteiger partial charge in [-0.25, -0.2) is 13.6 Å². The number of sulfonamides is 1. The van der Waals surface area contributed by atoms with E-state index in [-0.39, 0.29) is 10.7 Å². The summed E-state index contributed by atoms with van der Waals surface area (Å²) in [5, 5.41) is 5.03. The zero-order valence-electron chi connectivity index (χ0n) is 12.6. The summed E-state index contributed by atoms with van der Waals surface area (Å²) in [6.45, 7) is 0. The van der Waals surface area contributed by atoms with Gasteiger partial charge in [-0.3, -0.25) is 4.98 Å². The molecule has 1 aromatic heterocycles. The Kier molecular flexibility index (Phi) is 4.17. The zero-order chi connectivity index (χ0) is 18.2. The van der Waals surface area contributed by atoms with Crippen molar-refractivity contribution in [3.63, 3.8) is 0 Å². The quantitative estimate of drug-likeness (QED) is 0.838. The molecule has 3 rings (SSSR count). The summed E-state index contributed by atoms with van der Waals surface area (Å²) < 4.78 is 63.1. The van der Waals surface area contributed by atoms with E-state index in [1.807, 2.05) is 0 Å². The Morgan fingerprint density at radius 3 is 2.32 bits per heavy atom. The molecular weight excluding hydrogens is 357 g/mol. The van der Waals surface area contributed by atoms with E-state index in [2.05, 4.69) is 9.98 Å². The van der Waals surface area contributed by atoms with Crippen LogP contribution in [0.15, 0.2) is 58.7 Å². The second-order valence-corrected chi connectivity index (χ2v) is 6.80. The number of hydrogen-bond donors (Lipinski definition) is 1. The molecule has 1 atom stereocenters. The van der Waals surface area contributed by atoms with Crippen molar-refractivity contribution in [3.8, 4) is 0 Å². The van der Waals surface area contributed by atoms with Gasteiger partial charge in [0.05, 0.1) is 10.5 Å². The highest BCUT2D eigenvalue weighted by atomic mass is 32.2. The zero-order valence-corrected chi connectivity index (χ0v) is 13.4. The number of nitrogens with two attached hydrogens (primary N) is 1. The number of aliphatic imine (C=N–C) groups is 1. The molecule has 0 aliphatic carbocycles. The molecule has 1 unspecified atom stereocenters. The summed E-state index contributed by atoms with van der Waals surface area (Å²) in [7, 11) is -3.89. The van der Waals surface area contributed by atoms with Gasteiger partial charge in [-0.15, -0.1) is 0 Å². The predicted octanol–water partition coefficient (Wildman–Crippen LogP) is 1.84. The molecule has 0 fully saturated rings. The van der Waals surface area contributed by atoms with Gasteiger partial charge in [0.2, 0.25) is 10.0 Å². The average molecular weight is 369 g/mol. The van der Waals surface area contributed by atoms with Crippen molar-refractivity contribution >= 4 is 27.8 Å². The largest absolute Gasteiger partial charge is 0.440 e. The van der Waals surface area contributed by atoms with Crippen molar-refractivity contribution in [1.82, 2.24) is 4.98 Å². The lowest BCUT2D eigenvalue weighted by atomic mass is 10.2. The number of benzene rings is 1. The molecule has 2 N–H and O–H groups in total. The van der Waals surface area contributed by atoms with Gasteiger partial charge in [0.1, 0.15) is 11.9 Å². The van der Waals surface area contributed by atoms with E-state index in [1.165, 1.54) is 41.2 Å². The Balaban J connectivity index is 2.07. The van der Waals surface area contributed by atoms with E-state index in [9.17, 15) is 21.6 Å². The van der Waals surface area contributed by atoms with Gasteiger partial charge < -0.3 is 0 Å². The fourth-order valence-electron chi connectivity index (χ4n) is 2.31. The number of alkyl halides is 3. The fourth-order valence-corrected chi connectivity index (χ4v) is 2.83. The minimum Gasteiger partial charge on any atom is -0.264 e. The minimum atomic E-state index is -4.54. The van der Waals surface area contributed by atoms with Crippen LogP contribution in [0.4, 0.5) is 18.9 Å². The van der Waals surface area contributed by atoms with Crippen LogP contribution in [0.3, 0.4) is 0 Å². The number of nitrogens with zero attached hydrogens (tertiary/aromatic N) is 3. The van der Waals surface area contributed by atoms with Gasteiger partial charge in [0.25, 0.3) is 6.04 Å². The smallest absolute Gasteiger partial charge is 0.264 e. The Morgan fingerprint density at radius 2 is 1.80 bits per heavy atom. The maximum absolute atomic E-state index is 13.1. The molecule has 10 heteroatoms. The Labute approximate surface area is 141 Å². The molecule has 6 nitrogen and oxygen atoms in total. The highest BCUT2D eigenvalue weighted by Crippen LogP contribution is 2.28. The summed E-state index contributed by atoms with van der Waals surface area (Å²) >= 11 is 0.